The van der Waals surface area contributed by atoms with E-state index in [1.165, 1.54) is 6.92 Å². The second-order valence-corrected chi connectivity index (χ2v) is 6.63. The minimum absolute atomic E-state index is 0.338. The van der Waals surface area contributed by atoms with E-state index >= 15 is 0 Å². The first-order valence-corrected chi connectivity index (χ1v) is 9.01. The molecular formula is C23H21NO4. The van der Waals surface area contributed by atoms with E-state index in [-0.39, 0.29) is 5.97 Å². The zero-order valence-corrected chi connectivity index (χ0v) is 16.0. The number of aromatic amines is 1. The molecular weight excluding hydrogens is 354 g/mol. The average molecular weight is 375 g/mol. The van der Waals surface area contributed by atoms with Crippen molar-refractivity contribution >= 4 is 27.6 Å². The molecule has 142 valence electrons. The molecule has 0 aliphatic carbocycles. The van der Waals surface area contributed by atoms with Crippen LogP contribution < -0.4 is 14.2 Å². The number of benzene rings is 3. The van der Waals surface area contributed by atoms with Crippen LogP contribution in [-0.4, -0.2) is 25.2 Å². The number of H-pyrrole nitrogens is 1. The lowest BCUT2D eigenvalue weighted by Gasteiger charge is -2.13. The molecule has 1 N–H and O–H groups in total. The Kier molecular flexibility index (Phi) is 4.65. The number of rotatable bonds is 5. The fourth-order valence-corrected chi connectivity index (χ4v) is 3.53. The predicted octanol–water partition coefficient (Wildman–Crippen LogP) is 4.85. The Balaban J connectivity index is 1.87. The molecule has 5 nitrogen and oxygen atoms in total. The average Bonchev–Trinajstić information content (AvgIpc) is 3.10. The summed E-state index contributed by atoms with van der Waals surface area (Å²) >= 11 is 0. The van der Waals surface area contributed by atoms with Gasteiger partial charge < -0.3 is 19.2 Å². The van der Waals surface area contributed by atoms with Crippen LogP contribution >= 0.6 is 0 Å². The minimum atomic E-state index is -0.338. The maximum Gasteiger partial charge on any atom is 0.308 e. The van der Waals surface area contributed by atoms with E-state index in [1.54, 1.807) is 14.2 Å². The van der Waals surface area contributed by atoms with Crippen LogP contribution in [0, 0.1) is 0 Å². The Morgan fingerprint density at radius 1 is 0.929 bits per heavy atom. The van der Waals surface area contributed by atoms with Crippen LogP contribution in [0.3, 0.4) is 0 Å². The van der Waals surface area contributed by atoms with Crippen LogP contribution in [0.4, 0.5) is 0 Å². The lowest BCUT2D eigenvalue weighted by molar-refractivity contribution is -0.131. The largest absolute Gasteiger partial charge is 0.497 e. The van der Waals surface area contributed by atoms with Crippen molar-refractivity contribution in [3.8, 4) is 17.2 Å². The van der Waals surface area contributed by atoms with Crippen molar-refractivity contribution in [3.05, 3.63) is 65.9 Å². The number of esters is 1. The molecule has 5 heteroatoms. The number of carbonyl (C=O) groups is 1. The maximum atomic E-state index is 11.6. The molecule has 0 saturated carbocycles. The Bertz CT molecular complexity index is 1180. The summed E-state index contributed by atoms with van der Waals surface area (Å²) in [4.78, 5) is 14.9. The first-order chi connectivity index (χ1) is 13.6. The van der Waals surface area contributed by atoms with Crippen LogP contribution in [-0.2, 0) is 11.2 Å². The first kappa shape index (κ1) is 17.9. The highest BCUT2D eigenvalue weighted by molar-refractivity contribution is 5.91. The standard InChI is InChI=1S/C23H21NO4/c1-14(25)28-23-9-4-15-10-17(26-2)5-7-19(15)21(23)11-16-13-24-22-8-6-18(27-3)12-20(16)22/h4-10,12-13,24H,11H2,1-3H3. The van der Waals surface area contributed by atoms with Crippen molar-refractivity contribution in [1.29, 1.82) is 0 Å². The summed E-state index contributed by atoms with van der Waals surface area (Å²) in [5, 5.41) is 3.14. The summed E-state index contributed by atoms with van der Waals surface area (Å²) in [7, 11) is 3.30. The van der Waals surface area contributed by atoms with E-state index in [0.717, 1.165) is 44.3 Å². The molecule has 3 aromatic carbocycles. The summed E-state index contributed by atoms with van der Waals surface area (Å²) in [5.41, 5.74) is 3.09. The van der Waals surface area contributed by atoms with Crippen LogP contribution in [0.25, 0.3) is 21.7 Å². The van der Waals surface area contributed by atoms with Gasteiger partial charge in [-0.2, -0.15) is 0 Å². The van der Waals surface area contributed by atoms with E-state index < -0.39 is 0 Å². The molecule has 0 atom stereocenters. The molecule has 28 heavy (non-hydrogen) atoms. The third kappa shape index (κ3) is 3.27. The number of carbonyl (C=O) groups excluding carboxylic acids is 1. The Morgan fingerprint density at radius 2 is 1.68 bits per heavy atom. The zero-order chi connectivity index (χ0) is 19.7. The topological polar surface area (TPSA) is 60.6 Å². The summed E-state index contributed by atoms with van der Waals surface area (Å²) in [5.74, 6) is 1.82. The molecule has 0 unspecified atom stereocenters. The fourth-order valence-electron chi connectivity index (χ4n) is 3.53. The predicted molar refractivity (Wildman–Crippen MR) is 109 cm³/mol. The smallest absolute Gasteiger partial charge is 0.308 e. The summed E-state index contributed by atoms with van der Waals surface area (Å²) in [6, 6.07) is 15.6. The van der Waals surface area contributed by atoms with Crippen molar-refractivity contribution in [2.24, 2.45) is 0 Å². The number of methoxy groups -OCH3 is 2. The number of nitrogens with one attached hydrogen (secondary N) is 1. The summed E-state index contributed by atoms with van der Waals surface area (Å²) in [6.45, 7) is 1.42. The highest BCUT2D eigenvalue weighted by Gasteiger charge is 2.15. The van der Waals surface area contributed by atoms with Gasteiger partial charge in [0.2, 0.25) is 0 Å². The zero-order valence-electron chi connectivity index (χ0n) is 16.0. The Labute approximate surface area is 162 Å². The van der Waals surface area contributed by atoms with Gasteiger partial charge in [0.1, 0.15) is 17.2 Å². The molecule has 0 aliphatic heterocycles. The van der Waals surface area contributed by atoms with Crippen LogP contribution in [0.1, 0.15) is 18.1 Å². The van der Waals surface area contributed by atoms with Gasteiger partial charge in [0, 0.05) is 36.0 Å². The monoisotopic (exact) mass is 375 g/mol. The molecule has 0 radical (unpaired) electrons. The third-order valence-electron chi connectivity index (χ3n) is 4.89. The molecule has 0 saturated heterocycles. The fraction of sp³-hybridized carbons (Fsp3) is 0.174. The SMILES string of the molecule is COc1ccc2c(Cc3c[nH]c4ccc(OC)cc34)c(OC(C)=O)ccc2c1. The van der Waals surface area contributed by atoms with Crippen molar-refractivity contribution in [1.82, 2.24) is 4.98 Å². The molecule has 0 bridgehead atoms. The number of hydrogen-bond acceptors (Lipinski definition) is 4. The van der Waals surface area contributed by atoms with Gasteiger partial charge in [0.05, 0.1) is 14.2 Å². The molecule has 4 rings (SSSR count). The van der Waals surface area contributed by atoms with Gasteiger partial charge in [-0.1, -0.05) is 12.1 Å². The highest BCUT2D eigenvalue weighted by Crippen LogP contribution is 2.34. The van der Waals surface area contributed by atoms with E-state index in [2.05, 4.69) is 4.98 Å². The van der Waals surface area contributed by atoms with Gasteiger partial charge in [-0.25, -0.2) is 0 Å². The van der Waals surface area contributed by atoms with Gasteiger partial charge >= 0.3 is 5.97 Å². The molecule has 0 aliphatic rings. The first-order valence-electron chi connectivity index (χ1n) is 9.01. The Hall–Kier alpha value is -3.47. The van der Waals surface area contributed by atoms with E-state index in [0.29, 0.717) is 12.2 Å². The summed E-state index contributed by atoms with van der Waals surface area (Å²) < 4.78 is 16.2. The van der Waals surface area contributed by atoms with Crippen molar-refractivity contribution in [2.45, 2.75) is 13.3 Å². The van der Waals surface area contributed by atoms with Gasteiger partial charge in [0.25, 0.3) is 0 Å². The van der Waals surface area contributed by atoms with E-state index in [1.807, 2.05) is 54.7 Å². The third-order valence-corrected chi connectivity index (χ3v) is 4.89. The number of fused-ring (bicyclic) bond motifs is 2. The van der Waals surface area contributed by atoms with E-state index in [4.69, 9.17) is 14.2 Å². The molecule has 0 spiro atoms. The highest BCUT2D eigenvalue weighted by atomic mass is 16.5. The lowest BCUT2D eigenvalue weighted by atomic mass is 9.97. The van der Waals surface area contributed by atoms with E-state index in [9.17, 15) is 4.79 Å². The van der Waals surface area contributed by atoms with Gasteiger partial charge in [-0.05, 0) is 52.7 Å². The van der Waals surface area contributed by atoms with Crippen molar-refractivity contribution < 1.29 is 19.0 Å². The molecule has 1 heterocycles. The van der Waals surface area contributed by atoms with Gasteiger partial charge in [0.15, 0.2) is 0 Å². The van der Waals surface area contributed by atoms with Crippen LogP contribution in [0.2, 0.25) is 0 Å². The summed E-state index contributed by atoms with van der Waals surface area (Å²) in [6.07, 6.45) is 2.60. The number of aromatic nitrogens is 1. The second-order valence-electron chi connectivity index (χ2n) is 6.63. The second kappa shape index (κ2) is 7.27. The quantitative estimate of drug-likeness (QED) is 0.400. The van der Waals surface area contributed by atoms with Gasteiger partial charge in [-0.15, -0.1) is 0 Å². The van der Waals surface area contributed by atoms with Crippen molar-refractivity contribution in [2.75, 3.05) is 14.2 Å². The van der Waals surface area contributed by atoms with Crippen LogP contribution in [0.15, 0.2) is 54.7 Å². The lowest BCUT2D eigenvalue weighted by Crippen LogP contribution is -2.05. The van der Waals surface area contributed by atoms with Crippen LogP contribution in [0.5, 0.6) is 17.2 Å². The molecule has 0 amide bonds. The van der Waals surface area contributed by atoms with Crippen molar-refractivity contribution in [3.63, 3.8) is 0 Å². The molecule has 4 aromatic rings. The normalized spacial score (nSPS) is 11.0. The van der Waals surface area contributed by atoms with Gasteiger partial charge in [-0.3, -0.25) is 4.79 Å². The Morgan fingerprint density at radius 3 is 2.43 bits per heavy atom. The number of hydrogen-bond donors (Lipinski definition) is 1. The number of ether oxygens (including phenoxy) is 3. The maximum absolute atomic E-state index is 11.6. The minimum Gasteiger partial charge on any atom is -0.497 e. The molecule has 0 fully saturated rings. The molecule has 1 aromatic heterocycles.